The lowest BCUT2D eigenvalue weighted by Crippen LogP contribution is -2.37. The van der Waals surface area contributed by atoms with Crippen LogP contribution < -0.4 is 10.6 Å². The number of thiazole rings is 1. The third kappa shape index (κ3) is 3.60. The number of aromatic nitrogens is 1. The van der Waals surface area contributed by atoms with E-state index in [2.05, 4.69) is 34.1 Å². The molecule has 1 aromatic carbocycles. The molecule has 6 heteroatoms. The molecular formula is C17H22N4OS. The Morgan fingerprint density at radius 3 is 2.83 bits per heavy atom. The van der Waals surface area contributed by atoms with Gasteiger partial charge >= 0.3 is 0 Å². The van der Waals surface area contributed by atoms with Crippen LogP contribution in [0.2, 0.25) is 0 Å². The summed E-state index contributed by atoms with van der Waals surface area (Å²) in [7, 11) is 1.78. The van der Waals surface area contributed by atoms with E-state index in [0.29, 0.717) is 24.9 Å². The average molecular weight is 330 g/mol. The summed E-state index contributed by atoms with van der Waals surface area (Å²) in [4.78, 5) is 20.5. The Bertz CT molecular complexity index is 631. The van der Waals surface area contributed by atoms with Crippen molar-refractivity contribution in [1.29, 1.82) is 0 Å². The summed E-state index contributed by atoms with van der Waals surface area (Å²) in [6.07, 6.45) is 1.72. The van der Waals surface area contributed by atoms with E-state index in [1.54, 1.807) is 18.1 Å². The summed E-state index contributed by atoms with van der Waals surface area (Å²) in [6.45, 7) is 2.80. The average Bonchev–Trinajstić information content (AvgIpc) is 3.24. The van der Waals surface area contributed by atoms with Gasteiger partial charge in [-0.05, 0) is 18.0 Å². The van der Waals surface area contributed by atoms with Gasteiger partial charge in [-0.1, -0.05) is 30.3 Å². The first-order valence-corrected chi connectivity index (χ1v) is 8.70. The summed E-state index contributed by atoms with van der Waals surface area (Å²) < 4.78 is 0. The monoisotopic (exact) mass is 330 g/mol. The minimum absolute atomic E-state index is 0.0735. The Morgan fingerprint density at radius 2 is 2.17 bits per heavy atom. The van der Waals surface area contributed by atoms with Crippen molar-refractivity contribution in [2.24, 2.45) is 11.7 Å². The van der Waals surface area contributed by atoms with Gasteiger partial charge in [0.25, 0.3) is 0 Å². The third-order valence-electron chi connectivity index (χ3n) is 4.49. The fourth-order valence-corrected chi connectivity index (χ4v) is 3.82. The van der Waals surface area contributed by atoms with Gasteiger partial charge in [-0.3, -0.25) is 14.6 Å². The smallest absolute Gasteiger partial charge is 0.242 e. The van der Waals surface area contributed by atoms with Crippen molar-refractivity contribution in [1.82, 2.24) is 9.88 Å². The van der Waals surface area contributed by atoms with Gasteiger partial charge in [0, 0.05) is 37.6 Å². The van der Waals surface area contributed by atoms with Gasteiger partial charge in [0.1, 0.15) is 0 Å². The zero-order valence-corrected chi connectivity index (χ0v) is 14.1. The Balaban J connectivity index is 1.65. The molecule has 2 N–H and O–H groups in total. The number of nitrogens with two attached hydrogens (primary N) is 1. The molecule has 1 aliphatic heterocycles. The number of carbonyl (C=O) groups is 1. The number of carbonyl (C=O) groups excluding carboxylic acids is 1. The lowest BCUT2D eigenvalue weighted by atomic mass is 9.89. The number of hydrogen-bond donors (Lipinski definition) is 1. The van der Waals surface area contributed by atoms with Gasteiger partial charge in [0.15, 0.2) is 5.13 Å². The summed E-state index contributed by atoms with van der Waals surface area (Å²) in [5.74, 6) is 0.874. The van der Waals surface area contributed by atoms with Crippen molar-refractivity contribution < 1.29 is 4.79 Å². The largest absolute Gasteiger partial charge is 0.330 e. The number of hydrogen-bond acceptors (Lipinski definition) is 5. The van der Waals surface area contributed by atoms with Gasteiger partial charge < -0.3 is 5.73 Å². The molecule has 0 spiro atoms. The Labute approximate surface area is 140 Å². The SMILES string of the molecule is CN(C(=O)CN1C[C@@H](CN)[C@H](c2ccccc2)C1)c1nccs1. The normalized spacial score (nSPS) is 21.5. The van der Waals surface area contributed by atoms with Gasteiger partial charge in [-0.25, -0.2) is 4.98 Å². The van der Waals surface area contributed by atoms with Crippen molar-refractivity contribution in [3.63, 3.8) is 0 Å². The van der Waals surface area contributed by atoms with Crippen molar-refractivity contribution >= 4 is 22.4 Å². The minimum Gasteiger partial charge on any atom is -0.330 e. The molecule has 1 aromatic heterocycles. The van der Waals surface area contributed by atoms with Crippen LogP contribution in [0.25, 0.3) is 0 Å². The molecule has 0 bridgehead atoms. The molecule has 2 atom stereocenters. The molecule has 1 amide bonds. The molecular weight excluding hydrogens is 308 g/mol. The Kier molecular flexibility index (Phi) is 5.05. The number of rotatable bonds is 5. The van der Waals surface area contributed by atoms with E-state index < -0.39 is 0 Å². The highest BCUT2D eigenvalue weighted by Gasteiger charge is 2.34. The first kappa shape index (κ1) is 16.1. The molecule has 0 radical (unpaired) electrons. The van der Waals surface area contributed by atoms with Crippen LogP contribution in [0.4, 0.5) is 5.13 Å². The Hall–Kier alpha value is -1.76. The van der Waals surface area contributed by atoms with Crippen LogP contribution in [0.3, 0.4) is 0 Å². The number of likely N-dealkylation sites (N-methyl/N-ethyl adjacent to an activating group) is 1. The third-order valence-corrected chi connectivity index (χ3v) is 5.33. The lowest BCUT2D eigenvalue weighted by molar-refractivity contribution is -0.119. The van der Waals surface area contributed by atoms with Gasteiger partial charge in [0.05, 0.1) is 6.54 Å². The molecule has 2 aromatic rings. The van der Waals surface area contributed by atoms with Gasteiger partial charge in [0.2, 0.25) is 5.91 Å². The summed E-state index contributed by atoms with van der Waals surface area (Å²) in [5, 5.41) is 2.62. The standard InChI is InChI=1S/C17H22N4OS/c1-20(17-19-7-8-23-17)16(22)12-21-10-14(9-18)15(11-21)13-5-3-2-4-6-13/h2-8,14-15H,9-12,18H2,1H3/t14-,15+/m1/s1. The van der Waals surface area contributed by atoms with Crippen molar-refractivity contribution in [3.05, 3.63) is 47.5 Å². The second kappa shape index (κ2) is 7.21. The highest BCUT2D eigenvalue weighted by Crippen LogP contribution is 2.32. The van der Waals surface area contributed by atoms with Crippen LogP contribution in [0.15, 0.2) is 41.9 Å². The second-order valence-electron chi connectivity index (χ2n) is 5.97. The van der Waals surface area contributed by atoms with Gasteiger partial charge in [-0.2, -0.15) is 0 Å². The molecule has 0 aliphatic carbocycles. The number of nitrogens with zero attached hydrogens (tertiary/aromatic N) is 3. The fraction of sp³-hybridized carbons (Fsp3) is 0.412. The lowest BCUT2D eigenvalue weighted by Gasteiger charge is -2.19. The molecule has 122 valence electrons. The maximum atomic E-state index is 12.5. The molecule has 1 saturated heterocycles. The minimum atomic E-state index is 0.0735. The van der Waals surface area contributed by atoms with Crippen LogP contribution in [-0.2, 0) is 4.79 Å². The highest BCUT2D eigenvalue weighted by molar-refractivity contribution is 7.13. The molecule has 2 heterocycles. The second-order valence-corrected chi connectivity index (χ2v) is 6.85. The summed E-state index contributed by atoms with van der Waals surface area (Å²) in [6, 6.07) is 10.5. The molecule has 23 heavy (non-hydrogen) atoms. The van der Waals surface area contributed by atoms with Crippen LogP contribution in [-0.4, -0.2) is 49.0 Å². The van der Waals surface area contributed by atoms with E-state index in [1.807, 2.05) is 11.4 Å². The van der Waals surface area contributed by atoms with E-state index in [9.17, 15) is 4.79 Å². The molecule has 5 nitrogen and oxygen atoms in total. The summed E-state index contributed by atoms with van der Waals surface area (Å²) >= 11 is 1.48. The fourth-order valence-electron chi connectivity index (χ4n) is 3.19. The summed E-state index contributed by atoms with van der Waals surface area (Å²) in [5.41, 5.74) is 7.27. The van der Waals surface area contributed by atoms with Crippen LogP contribution in [0, 0.1) is 5.92 Å². The maximum Gasteiger partial charge on any atom is 0.242 e. The van der Waals surface area contributed by atoms with Crippen LogP contribution in [0.5, 0.6) is 0 Å². The molecule has 1 fully saturated rings. The highest BCUT2D eigenvalue weighted by atomic mass is 32.1. The number of likely N-dealkylation sites (tertiary alicyclic amines) is 1. The predicted molar refractivity (Wildman–Crippen MR) is 93.7 cm³/mol. The van der Waals surface area contributed by atoms with E-state index in [4.69, 9.17) is 5.73 Å². The molecule has 0 saturated carbocycles. The predicted octanol–water partition coefficient (Wildman–Crippen LogP) is 1.78. The van der Waals surface area contributed by atoms with E-state index >= 15 is 0 Å². The Morgan fingerprint density at radius 1 is 1.39 bits per heavy atom. The first-order chi connectivity index (χ1) is 11.2. The zero-order valence-electron chi connectivity index (χ0n) is 13.3. The van der Waals surface area contributed by atoms with Crippen LogP contribution >= 0.6 is 11.3 Å². The first-order valence-electron chi connectivity index (χ1n) is 7.82. The van der Waals surface area contributed by atoms with Crippen molar-refractivity contribution in [3.8, 4) is 0 Å². The van der Waals surface area contributed by atoms with Crippen molar-refractivity contribution in [2.75, 3.05) is 38.1 Å². The molecule has 0 unspecified atom stereocenters. The van der Waals surface area contributed by atoms with Crippen molar-refractivity contribution in [2.45, 2.75) is 5.92 Å². The van der Waals surface area contributed by atoms with E-state index in [-0.39, 0.29) is 5.91 Å². The van der Waals surface area contributed by atoms with E-state index in [1.165, 1.54) is 16.9 Å². The molecule has 1 aliphatic rings. The topological polar surface area (TPSA) is 62.5 Å². The number of benzene rings is 1. The van der Waals surface area contributed by atoms with E-state index in [0.717, 1.165) is 18.2 Å². The molecule has 3 rings (SSSR count). The van der Waals surface area contributed by atoms with Crippen LogP contribution in [0.1, 0.15) is 11.5 Å². The zero-order chi connectivity index (χ0) is 16.2. The van der Waals surface area contributed by atoms with Gasteiger partial charge in [-0.15, -0.1) is 11.3 Å². The quantitative estimate of drug-likeness (QED) is 0.908. The number of anilines is 1. The maximum absolute atomic E-state index is 12.5. The number of amides is 1.